The van der Waals surface area contributed by atoms with Gasteiger partial charge in [-0.2, -0.15) is 0 Å². The number of para-hydroxylation sites is 2. The molecule has 1 aliphatic rings. The van der Waals surface area contributed by atoms with E-state index in [1.54, 1.807) is 6.21 Å². The lowest BCUT2D eigenvalue weighted by Gasteiger charge is -2.26. The number of rotatable bonds is 6. The zero-order chi connectivity index (χ0) is 24.4. The van der Waals surface area contributed by atoms with Gasteiger partial charge in [-0.15, -0.1) is 0 Å². The van der Waals surface area contributed by atoms with Gasteiger partial charge < -0.3 is 9.15 Å². The second-order valence-corrected chi connectivity index (χ2v) is 8.82. The maximum absolute atomic E-state index is 6.35. The molecule has 36 heavy (non-hydrogen) atoms. The number of allylic oxidation sites excluding steroid dienone is 1. The number of benzene rings is 4. The molecule has 4 nitrogen and oxygen atoms in total. The molecule has 1 atom stereocenters. The lowest BCUT2D eigenvalue weighted by molar-refractivity contribution is 0.133. The van der Waals surface area contributed by atoms with Crippen molar-refractivity contribution in [1.29, 1.82) is 0 Å². The second-order valence-electron chi connectivity index (χ2n) is 8.82. The molecule has 1 aliphatic heterocycles. The van der Waals surface area contributed by atoms with Crippen LogP contribution in [0.5, 0.6) is 5.75 Å². The Labute approximate surface area is 209 Å². The summed E-state index contributed by atoms with van der Waals surface area (Å²) in [5, 5.41) is 0. The Morgan fingerprint density at radius 2 is 1.56 bits per heavy atom. The highest BCUT2D eigenvalue weighted by Gasteiger charge is 2.32. The van der Waals surface area contributed by atoms with Gasteiger partial charge in [0.05, 0.1) is 0 Å². The van der Waals surface area contributed by atoms with Crippen molar-refractivity contribution >= 4 is 29.5 Å². The van der Waals surface area contributed by atoms with E-state index in [2.05, 4.69) is 71.5 Å². The van der Waals surface area contributed by atoms with Crippen molar-refractivity contribution in [3.63, 3.8) is 0 Å². The molecule has 2 heterocycles. The summed E-state index contributed by atoms with van der Waals surface area (Å²) in [5.74, 6) is 1.43. The SMILES string of the molecule is Cc1cccc(OC2(c3ccc(C=Cc4ccc(-c5nc6ccccc6o5)cc4)cc3)C=CC=N2)c1. The Bertz CT molecular complexity index is 1560. The first-order chi connectivity index (χ1) is 17.7. The Morgan fingerprint density at radius 1 is 0.806 bits per heavy atom. The molecule has 0 saturated carbocycles. The van der Waals surface area contributed by atoms with Crippen LogP contribution in [-0.4, -0.2) is 11.2 Å². The number of fused-ring (bicyclic) bond motifs is 1. The van der Waals surface area contributed by atoms with Gasteiger partial charge in [0.25, 0.3) is 0 Å². The van der Waals surface area contributed by atoms with E-state index in [0.717, 1.165) is 44.7 Å². The van der Waals surface area contributed by atoms with Gasteiger partial charge in [-0.05, 0) is 72.2 Å². The number of aliphatic imine (C=N–C) groups is 1. The fraction of sp³-hybridized carbons (Fsp3) is 0.0625. The highest BCUT2D eigenvalue weighted by molar-refractivity contribution is 5.77. The summed E-state index contributed by atoms with van der Waals surface area (Å²) in [6.45, 7) is 2.05. The third-order valence-electron chi connectivity index (χ3n) is 6.18. The molecule has 0 bridgehead atoms. The van der Waals surface area contributed by atoms with Crippen molar-refractivity contribution in [2.45, 2.75) is 12.6 Å². The minimum absolute atomic E-state index is 0.632. The zero-order valence-corrected chi connectivity index (χ0v) is 19.8. The first-order valence-electron chi connectivity index (χ1n) is 11.9. The molecule has 0 saturated heterocycles. The molecule has 5 aromatic rings. The van der Waals surface area contributed by atoms with Crippen molar-refractivity contribution in [3.05, 3.63) is 131 Å². The van der Waals surface area contributed by atoms with Gasteiger partial charge in [0, 0.05) is 17.3 Å². The third kappa shape index (κ3) is 4.37. The van der Waals surface area contributed by atoms with E-state index in [4.69, 9.17) is 9.15 Å². The number of hydrogen-bond acceptors (Lipinski definition) is 4. The molecular formula is C32H24N2O2. The highest BCUT2D eigenvalue weighted by atomic mass is 16.5. The average molecular weight is 469 g/mol. The lowest BCUT2D eigenvalue weighted by atomic mass is 10.0. The molecule has 0 fully saturated rings. The molecular weight excluding hydrogens is 444 g/mol. The van der Waals surface area contributed by atoms with Crippen molar-refractivity contribution in [2.24, 2.45) is 4.99 Å². The van der Waals surface area contributed by atoms with Crippen LogP contribution in [0.2, 0.25) is 0 Å². The van der Waals surface area contributed by atoms with Gasteiger partial charge in [0.2, 0.25) is 11.6 Å². The number of nitrogens with zero attached hydrogens (tertiary/aromatic N) is 2. The van der Waals surface area contributed by atoms with Crippen LogP contribution in [0.4, 0.5) is 0 Å². The van der Waals surface area contributed by atoms with Crippen molar-refractivity contribution < 1.29 is 9.15 Å². The maximum atomic E-state index is 6.35. The van der Waals surface area contributed by atoms with Gasteiger partial charge in [-0.3, -0.25) is 0 Å². The molecule has 0 amide bonds. The van der Waals surface area contributed by atoms with Crippen LogP contribution in [0, 0.1) is 6.92 Å². The van der Waals surface area contributed by atoms with E-state index in [9.17, 15) is 0 Å². The lowest BCUT2D eigenvalue weighted by Crippen LogP contribution is -2.27. The summed E-state index contributed by atoms with van der Waals surface area (Å²) in [6, 6.07) is 32.3. The minimum Gasteiger partial charge on any atom is -0.458 e. The predicted molar refractivity (Wildman–Crippen MR) is 146 cm³/mol. The van der Waals surface area contributed by atoms with E-state index >= 15 is 0 Å². The predicted octanol–water partition coefficient (Wildman–Crippen LogP) is 7.85. The topological polar surface area (TPSA) is 47.6 Å². The van der Waals surface area contributed by atoms with Gasteiger partial charge in [0.1, 0.15) is 11.3 Å². The first-order valence-corrected chi connectivity index (χ1v) is 11.9. The molecule has 1 unspecified atom stereocenters. The molecule has 4 aromatic carbocycles. The number of aryl methyl sites for hydroxylation is 1. The molecule has 0 N–H and O–H groups in total. The van der Waals surface area contributed by atoms with Gasteiger partial charge in [-0.25, -0.2) is 9.98 Å². The van der Waals surface area contributed by atoms with E-state index in [0.29, 0.717) is 5.89 Å². The fourth-order valence-electron chi connectivity index (χ4n) is 4.28. The van der Waals surface area contributed by atoms with Crippen LogP contribution in [0.3, 0.4) is 0 Å². The number of oxazole rings is 1. The Morgan fingerprint density at radius 3 is 2.25 bits per heavy atom. The van der Waals surface area contributed by atoms with E-state index in [1.165, 1.54) is 0 Å². The van der Waals surface area contributed by atoms with Crippen LogP contribution in [-0.2, 0) is 5.72 Å². The summed E-state index contributed by atoms with van der Waals surface area (Å²) < 4.78 is 12.2. The van der Waals surface area contributed by atoms with Crippen LogP contribution in [0.25, 0.3) is 34.7 Å². The van der Waals surface area contributed by atoms with Crippen LogP contribution < -0.4 is 4.74 Å². The molecule has 6 rings (SSSR count). The molecule has 0 radical (unpaired) electrons. The van der Waals surface area contributed by atoms with Gasteiger partial charge >= 0.3 is 0 Å². The summed E-state index contributed by atoms with van der Waals surface area (Å²) >= 11 is 0. The zero-order valence-electron chi connectivity index (χ0n) is 19.8. The monoisotopic (exact) mass is 468 g/mol. The molecule has 174 valence electrons. The molecule has 0 aliphatic carbocycles. The molecule has 1 aromatic heterocycles. The summed E-state index contributed by atoms with van der Waals surface area (Å²) in [5.41, 5.74) is 6.10. The Kier molecular flexibility index (Phi) is 5.55. The highest BCUT2D eigenvalue weighted by Crippen LogP contribution is 2.34. The Balaban J connectivity index is 1.18. The summed E-state index contributed by atoms with van der Waals surface area (Å²) in [6.07, 6.45) is 9.89. The molecule has 4 heteroatoms. The summed E-state index contributed by atoms with van der Waals surface area (Å²) in [7, 11) is 0. The third-order valence-corrected chi connectivity index (χ3v) is 6.18. The van der Waals surface area contributed by atoms with Crippen molar-refractivity contribution in [2.75, 3.05) is 0 Å². The van der Waals surface area contributed by atoms with Crippen molar-refractivity contribution in [3.8, 4) is 17.2 Å². The Hall–Kier alpha value is -4.70. The number of aromatic nitrogens is 1. The average Bonchev–Trinajstić information content (AvgIpc) is 3.56. The smallest absolute Gasteiger partial charge is 0.246 e. The fourth-order valence-corrected chi connectivity index (χ4v) is 4.28. The molecule has 0 spiro atoms. The van der Waals surface area contributed by atoms with Crippen LogP contribution >= 0.6 is 0 Å². The van der Waals surface area contributed by atoms with E-state index in [-0.39, 0.29) is 0 Å². The maximum Gasteiger partial charge on any atom is 0.246 e. The largest absolute Gasteiger partial charge is 0.458 e. The minimum atomic E-state index is -0.837. The normalized spacial score (nSPS) is 16.8. The standard InChI is InChI=1S/C32H24N2O2/c1-23-6-4-7-28(22-23)36-32(20-5-21-33-32)27-18-14-25(15-19-27)11-10-24-12-16-26(17-13-24)31-34-29-8-2-3-9-30(29)35-31/h2-22H,1H3. The van der Waals surface area contributed by atoms with E-state index < -0.39 is 5.72 Å². The van der Waals surface area contributed by atoms with Gasteiger partial charge in [0.15, 0.2) is 5.58 Å². The number of ether oxygens (including phenoxy) is 1. The van der Waals surface area contributed by atoms with Crippen LogP contribution in [0.15, 0.2) is 119 Å². The van der Waals surface area contributed by atoms with E-state index in [1.807, 2.05) is 66.7 Å². The van der Waals surface area contributed by atoms with Crippen molar-refractivity contribution in [1.82, 2.24) is 4.98 Å². The summed E-state index contributed by atoms with van der Waals surface area (Å²) in [4.78, 5) is 9.22. The number of hydrogen-bond donors (Lipinski definition) is 0. The quantitative estimate of drug-likeness (QED) is 0.238. The van der Waals surface area contributed by atoms with Gasteiger partial charge in [-0.1, -0.05) is 72.8 Å². The first kappa shape index (κ1) is 21.8. The van der Waals surface area contributed by atoms with Crippen LogP contribution in [0.1, 0.15) is 22.3 Å². The second kappa shape index (κ2) is 9.16.